The molecule has 0 spiro atoms. The molecule has 2 heterocycles. The van der Waals surface area contributed by atoms with E-state index in [0.717, 1.165) is 11.4 Å². The van der Waals surface area contributed by atoms with Gasteiger partial charge < -0.3 is 10.6 Å². The summed E-state index contributed by atoms with van der Waals surface area (Å²) in [6.45, 7) is 0.817. The summed E-state index contributed by atoms with van der Waals surface area (Å²) >= 11 is 0. The minimum Gasteiger partial charge on any atom is -0.350 e. The van der Waals surface area contributed by atoms with Crippen molar-refractivity contribution in [1.29, 1.82) is 0 Å². The van der Waals surface area contributed by atoms with Crippen LogP contribution in [-0.2, 0) is 22.7 Å². The van der Waals surface area contributed by atoms with Crippen molar-refractivity contribution in [2.24, 2.45) is 0 Å². The SMILES string of the molecule is O=C(CCCC(=O)NCc1ccccn1)NCc1ccccn1. The van der Waals surface area contributed by atoms with Crippen molar-refractivity contribution >= 4 is 11.8 Å². The van der Waals surface area contributed by atoms with Gasteiger partial charge in [-0.3, -0.25) is 19.6 Å². The van der Waals surface area contributed by atoms with Gasteiger partial charge in [-0.1, -0.05) is 12.1 Å². The van der Waals surface area contributed by atoms with Crippen molar-refractivity contribution in [2.75, 3.05) is 0 Å². The number of carbonyl (C=O) groups excluding carboxylic acids is 2. The van der Waals surface area contributed by atoms with Gasteiger partial charge in [0.25, 0.3) is 0 Å². The number of hydrogen-bond donors (Lipinski definition) is 2. The van der Waals surface area contributed by atoms with Crippen molar-refractivity contribution < 1.29 is 9.59 Å². The summed E-state index contributed by atoms with van der Waals surface area (Å²) in [7, 11) is 0. The van der Waals surface area contributed by atoms with E-state index in [2.05, 4.69) is 20.6 Å². The molecular formula is C17H20N4O2. The molecule has 0 bridgehead atoms. The summed E-state index contributed by atoms with van der Waals surface area (Å²) < 4.78 is 0. The zero-order chi connectivity index (χ0) is 16.3. The molecule has 6 nitrogen and oxygen atoms in total. The van der Waals surface area contributed by atoms with Gasteiger partial charge in [0.2, 0.25) is 11.8 Å². The summed E-state index contributed by atoms with van der Waals surface area (Å²) in [4.78, 5) is 31.6. The molecule has 0 atom stereocenters. The van der Waals surface area contributed by atoms with Crippen LogP contribution in [0.1, 0.15) is 30.7 Å². The molecule has 0 unspecified atom stereocenters. The fourth-order valence-electron chi connectivity index (χ4n) is 1.97. The third kappa shape index (κ3) is 6.69. The first kappa shape index (κ1) is 16.6. The van der Waals surface area contributed by atoms with Gasteiger partial charge in [0.1, 0.15) is 0 Å². The van der Waals surface area contributed by atoms with E-state index in [1.54, 1.807) is 12.4 Å². The Morgan fingerprint density at radius 1 is 0.783 bits per heavy atom. The summed E-state index contributed by atoms with van der Waals surface area (Å²) in [5.74, 6) is -0.152. The van der Waals surface area contributed by atoms with Crippen molar-refractivity contribution in [1.82, 2.24) is 20.6 Å². The molecule has 0 aliphatic heterocycles. The lowest BCUT2D eigenvalue weighted by Crippen LogP contribution is -2.25. The second-order valence-corrected chi connectivity index (χ2v) is 5.05. The molecule has 0 aliphatic carbocycles. The number of pyridine rings is 2. The Bertz CT molecular complexity index is 562. The molecule has 23 heavy (non-hydrogen) atoms. The second-order valence-electron chi connectivity index (χ2n) is 5.05. The minimum atomic E-state index is -0.0758. The topological polar surface area (TPSA) is 84.0 Å². The predicted octanol–water partition coefficient (Wildman–Crippen LogP) is 1.58. The number of amides is 2. The molecule has 2 aromatic rings. The quantitative estimate of drug-likeness (QED) is 0.775. The van der Waals surface area contributed by atoms with E-state index in [1.807, 2.05) is 36.4 Å². The van der Waals surface area contributed by atoms with Gasteiger partial charge in [0, 0.05) is 25.2 Å². The van der Waals surface area contributed by atoms with E-state index in [0.29, 0.717) is 32.4 Å². The molecule has 0 aromatic carbocycles. The maximum atomic E-state index is 11.7. The molecule has 0 radical (unpaired) electrons. The number of aromatic nitrogens is 2. The standard InChI is InChI=1S/C17H20N4O2/c22-16(20-12-14-6-1-3-10-18-14)8-5-9-17(23)21-13-15-7-2-4-11-19-15/h1-4,6-7,10-11H,5,8-9,12-13H2,(H,20,22)(H,21,23). The van der Waals surface area contributed by atoms with Crippen LogP contribution in [-0.4, -0.2) is 21.8 Å². The highest BCUT2D eigenvalue weighted by Gasteiger charge is 2.05. The molecule has 0 saturated carbocycles. The van der Waals surface area contributed by atoms with Crippen LogP contribution >= 0.6 is 0 Å². The Hall–Kier alpha value is -2.76. The Balaban J connectivity index is 1.57. The van der Waals surface area contributed by atoms with Gasteiger partial charge in [-0.2, -0.15) is 0 Å². The van der Waals surface area contributed by atoms with Crippen LogP contribution in [0.2, 0.25) is 0 Å². The normalized spacial score (nSPS) is 10.1. The highest BCUT2D eigenvalue weighted by molar-refractivity contribution is 5.78. The number of rotatable bonds is 8. The molecule has 2 amide bonds. The lowest BCUT2D eigenvalue weighted by Gasteiger charge is -2.06. The van der Waals surface area contributed by atoms with Crippen LogP contribution in [0.5, 0.6) is 0 Å². The number of nitrogens with zero attached hydrogens (tertiary/aromatic N) is 2. The third-order valence-corrected chi connectivity index (χ3v) is 3.19. The molecule has 120 valence electrons. The van der Waals surface area contributed by atoms with Gasteiger partial charge in [-0.05, 0) is 30.7 Å². The zero-order valence-corrected chi connectivity index (χ0v) is 12.9. The first-order valence-electron chi connectivity index (χ1n) is 7.57. The number of carbonyl (C=O) groups is 2. The largest absolute Gasteiger partial charge is 0.350 e. The molecular weight excluding hydrogens is 292 g/mol. The molecule has 2 N–H and O–H groups in total. The van der Waals surface area contributed by atoms with Gasteiger partial charge in [-0.25, -0.2) is 0 Å². The summed E-state index contributed by atoms with van der Waals surface area (Å²) in [5, 5.41) is 5.57. The van der Waals surface area contributed by atoms with E-state index < -0.39 is 0 Å². The molecule has 0 saturated heterocycles. The van der Waals surface area contributed by atoms with Gasteiger partial charge in [0.05, 0.1) is 24.5 Å². The van der Waals surface area contributed by atoms with E-state index in [-0.39, 0.29) is 11.8 Å². The summed E-state index contributed by atoms with van der Waals surface area (Å²) in [5.41, 5.74) is 1.63. The Morgan fingerprint density at radius 3 is 1.65 bits per heavy atom. The fourth-order valence-corrected chi connectivity index (χ4v) is 1.97. The Labute approximate surface area is 135 Å². The lowest BCUT2D eigenvalue weighted by atomic mass is 10.2. The van der Waals surface area contributed by atoms with Crippen molar-refractivity contribution in [3.05, 3.63) is 60.2 Å². The molecule has 0 aliphatic rings. The minimum absolute atomic E-state index is 0.0758. The first-order valence-corrected chi connectivity index (χ1v) is 7.57. The van der Waals surface area contributed by atoms with Crippen LogP contribution in [0.25, 0.3) is 0 Å². The highest BCUT2D eigenvalue weighted by Crippen LogP contribution is 1.99. The lowest BCUT2D eigenvalue weighted by molar-refractivity contribution is -0.122. The van der Waals surface area contributed by atoms with E-state index in [9.17, 15) is 9.59 Å². The van der Waals surface area contributed by atoms with Crippen LogP contribution in [0.15, 0.2) is 48.8 Å². The van der Waals surface area contributed by atoms with Gasteiger partial charge in [0.15, 0.2) is 0 Å². The van der Waals surface area contributed by atoms with Crippen molar-refractivity contribution in [3.8, 4) is 0 Å². The van der Waals surface area contributed by atoms with Gasteiger partial charge >= 0.3 is 0 Å². The van der Waals surface area contributed by atoms with E-state index in [4.69, 9.17) is 0 Å². The Morgan fingerprint density at radius 2 is 1.26 bits per heavy atom. The molecule has 6 heteroatoms. The van der Waals surface area contributed by atoms with E-state index >= 15 is 0 Å². The second kappa shape index (κ2) is 9.30. The smallest absolute Gasteiger partial charge is 0.220 e. The van der Waals surface area contributed by atoms with Crippen LogP contribution in [0.3, 0.4) is 0 Å². The third-order valence-electron chi connectivity index (χ3n) is 3.19. The highest BCUT2D eigenvalue weighted by atomic mass is 16.2. The summed E-state index contributed by atoms with van der Waals surface area (Å²) in [6, 6.07) is 11.1. The average molecular weight is 312 g/mol. The fraction of sp³-hybridized carbons (Fsp3) is 0.294. The molecule has 2 rings (SSSR count). The van der Waals surface area contributed by atoms with Crippen LogP contribution < -0.4 is 10.6 Å². The maximum Gasteiger partial charge on any atom is 0.220 e. The molecule has 2 aromatic heterocycles. The Kier molecular flexibility index (Phi) is 6.71. The first-order chi connectivity index (χ1) is 11.2. The van der Waals surface area contributed by atoms with Crippen molar-refractivity contribution in [2.45, 2.75) is 32.4 Å². The van der Waals surface area contributed by atoms with Crippen LogP contribution in [0.4, 0.5) is 0 Å². The number of hydrogen-bond acceptors (Lipinski definition) is 4. The monoisotopic (exact) mass is 312 g/mol. The van der Waals surface area contributed by atoms with Gasteiger partial charge in [-0.15, -0.1) is 0 Å². The molecule has 0 fully saturated rings. The predicted molar refractivity (Wildman–Crippen MR) is 86.0 cm³/mol. The number of nitrogens with one attached hydrogen (secondary N) is 2. The zero-order valence-electron chi connectivity index (χ0n) is 12.9. The average Bonchev–Trinajstić information content (AvgIpc) is 2.60. The maximum absolute atomic E-state index is 11.7. The van der Waals surface area contributed by atoms with E-state index in [1.165, 1.54) is 0 Å². The van der Waals surface area contributed by atoms with Crippen LogP contribution in [0, 0.1) is 0 Å². The summed E-state index contributed by atoms with van der Waals surface area (Å²) in [6.07, 6.45) is 4.54. The van der Waals surface area contributed by atoms with Crippen molar-refractivity contribution in [3.63, 3.8) is 0 Å².